The van der Waals surface area contributed by atoms with Crippen molar-refractivity contribution in [1.29, 1.82) is 0 Å². The first-order chi connectivity index (χ1) is 15.9. The Labute approximate surface area is 194 Å². The molecule has 1 unspecified atom stereocenters. The molecule has 9 heteroatoms. The number of esters is 1. The second kappa shape index (κ2) is 14.3. The van der Waals surface area contributed by atoms with E-state index in [1.165, 1.54) is 6.92 Å². The van der Waals surface area contributed by atoms with Crippen LogP contribution in [0.4, 0.5) is 5.69 Å². The Kier molecular flexibility index (Phi) is 11.4. The van der Waals surface area contributed by atoms with E-state index in [0.717, 1.165) is 44.1 Å². The van der Waals surface area contributed by atoms with E-state index in [0.29, 0.717) is 31.4 Å². The lowest BCUT2D eigenvalue weighted by Gasteiger charge is -2.20. The summed E-state index contributed by atoms with van der Waals surface area (Å²) in [5.74, 6) is -1.19. The van der Waals surface area contributed by atoms with Gasteiger partial charge in [-0.1, -0.05) is 25.0 Å². The molecule has 0 spiro atoms. The van der Waals surface area contributed by atoms with Gasteiger partial charge in [-0.3, -0.25) is 19.6 Å². The number of carbonyl (C=O) groups is 4. The second-order valence-corrected chi connectivity index (χ2v) is 8.49. The molecule has 1 fully saturated rings. The number of nitrogens with one attached hydrogen (secondary N) is 3. The molecule has 1 aliphatic rings. The molecule has 0 radical (unpaired) electrons. The number of ether oxygens (including phenoxy) is 1. The fourth-order valence-corrected chi connectivity index (χ4v) is 3.86. The zero-order chi connectivity index (χ0) is 24.1. The maximum atomic E-state index is 12.5. The average Bonchev–Trinajstić information content (AvgIpc) is 3.29. The summed E-state index contributed by atoms with van der Waals surface area (Å²) < 4.78 is 5.56. The normalized spacial score (nSPS) is 14.4. The molecule has 9 nitrogen and oxygen atoms in total. The van der Waals surface area contributed by atoms with Crippen molar-refractivity contribution in [2.75, 3.05) is 5.32 Å². The molecule has 0 heterocycles. The van der Waals surface area contributed by atoms with Crippen molar-refractivity contribution in [2.45, 2.75) is 89.7 Å². The molecule has 1 saturated carbocycles. The van der Waals surface area contributed by atoms with Crippen LogP contribution < -0.4 is 16.1 Å². The van der Waals surface area contributed by atoms with Gasteiger partial charge in [-0.05, 0) is 56.2 Å². The quantitative estimate of drug-likeness (QED) is 0.154. The molecule has 0 bridgehead atoms. The number of anilines is 1. The first-order valence-corrected chi connectivity index (χ1v) is 11.7. The van der Waals surface area contributed by atoms with Crippen molar-refractivity contribution in [3.05, 3.63) is 29.8 Å². The van der Waals surface area contributed by atoms with Gasteiger partial charge >= 0.3 is 5.97 Å². The summed E-state index contributed by atoms with van der Waals surface area (Å²) in [4.78, 5) is 47.1. The molecule has 0 aliphatic heterocycles. The topological polar surface area (TPSA) is 134 Å². The number of unbranched alkanes of at least 4 members (excludes halogenated alkanes) is 3. The van der Waals surface area contributed by atoms with E-state index < -0.39 is 17.9 Å². The molecule has 182 valence electrons. The minimum absolute atomic E-state index is 0.0635. The van der Waals surface area contributed by atoms with E-state index >= 15 is 0 Å². The van der Waals surface area contributed by atoms with E-state index in [1.54, 1.807) is 17.6 Å². The Morgan fingerprint density at radius 2 is 1.58 bits per heavy atom. The predicted molar refractivity (Wildman–Crippen MR) is 122 cm³/mol. The Morgan fingerprint density at radius 1 is 0.970 bits per heavy atom. The van der Waals surface area contributed by atoms with Gasteiger partial charge in [0, 0.05) is 31.9 Å². The van der Waals surface area contributed by atoms with Gasteiger partial charge in [0.2, 0.25) is 17.7 Å². The first-order valence-electron chi connectivity index (χ1n) is 11.7. The third kappa shape index (κ3) is 10.5. The van der Waals surface area contributed by atoms with Gasteiger partial charge in [0.25, 0.3) is 0 Å². The number of hydrogen-bond donors (Lipinski definition) is 4. The number of hydrogen-bond acceptors (Lipinski definition) is 6. The van der Waals surface area contributed by atoms with Gasteiger partial charge < -0.3 is 15.4 Å². The van der Waals surface area contributed by atoms with Crippen LogP contribution in [0.3, 0.4) is 0 Å². The third-order valence-electron chi connectivity index (χ3n) is 5.61. The molecule has 33 heavy (non-hydrogen) atoms. The number of hydroxylamine groups is 1. The van der Waals surface area contributed by atoms with Crippen molar-refractivity contribution < 1.29 is 29.1 Å². The lowest BCUT2D eigenvalue weighted by molar-refractivity contribution is -0.152. The molecule has 1 aromatic rings. The van der Waals surface area contributed by atoms with Crippen LogP contribution in [0.1, 0.15) is 76.7 Å². The second-order valence-electron chi connectivity index (χ2n) is 8.49. The summed E-state index contributed by atoms with van der Waals surface area (Å²) in [5, 5.41) is 14.0. The number of amides is 3. The molecule has 3 amide bonds. The molecule has 0 saturated heterocycles. The summed E-state index contributed by atoms with van der Waals surface area (Å²) in [6.45, 7) is 1.38. The standard InChI is InChI=1S/C24H35N3O6/c1-17(28)25-21(24(31)33-20-8-6-7-9-20)16-18-12-14-19(15-13-18)26-22(29)10-4-2-3-5-11-23(30)27-32/h12-15,20-21,32H,2-11,16H2,1H3,(H,25,28)(H,26,29)(H,27,30). The molecule has 1 aliphatic carbocycles. The van der Waals surface area contributed by atoms with Gasteiger partial charge in [-0.15, -0.1) is 0 Å². The first kappa shape index (κ1) is 26.3. The van der Waals surface area contributed by atoms with Crippen molar-refractivity contribution >= 4 is 29.4 Å². The van der Waals surface area contributed by atoms with Crippen LogP contribution in [-0.2, 0) is 30.3 Å². The Hall–Kier alpha value is -2.94. The zero-order valence-electron chi connectivity index (χ0n) is 19.2. The van der Waals surface area contributed by atoms with Crippen LogP contribution in [0.25, 0.3) is 0 Å². The maximum absolute atomic E-state index is 12.5. The van der Waals surface area contributed by atoms with Gasteiger partial charge in [-0.25, -0.2) is 10.3 Å². The highest BCUT2D eigenvalue weighted by atomic mass is 16.5. The fraction of sp³-hybridized carbons (Fsp3) is 0.583. The highest BCUT2D eigenvalue weighted by Crippen LogP contribution is 2.22. The minimum Gasteiger partial charge on any atom is -0.461 e. The van der Waals surface area contributed by atoms with Crippen molar-refractivity contribution in [1.82, 2.24) is 10.8 Å². The molecule has 2 rings (SSSR count). The number of benzene rings is 1. The Bertz CT molecular complexity index is 790. The summed E-state index contributed by atoms with van der Waals surface area (Å²) in [5.41, 5.74) is 3.11. The monoisotopic (exact) mass is 461 g/mol. The molecule has 1 atom stereocenters. The summed E-state index contributed by atoms with van der Waals surface area (Å²) in [6, 6.07) is 6.44. The fourth-order valence-electron chi connectivity index (χ4n) is 3.86. The van der Waals surface area contributed by atoms with E-state index in [-0.39, 0.29) is 24.3 Å². The molecular formula is C24H35N3O6. The van der Waals surface area contributed by atoms with Crippen molar-refractivity contribution in [3.8, 4) is 0 Å². The number of rotatable bonds is 13. The van der Waals surface area contributed by atoms with E-state index in [2.05, 4.69) is 10.6 Å². The SMILES string of the molecule is CC(=O)NC(Cc1ccc(NC(=O)CCCCCCC(=O)NO)cc1)C(=O)OC1CCCC1. The van der Waals surface area contributed by atoms with Gasteiger partial charge in [0.05, 0.1) is 0 Å². The van der Waals surface area contributed by atoms with E-state index in [9.17, 15) is 19.2 Å². The summed E-state index contributed by atoms with van der Waals surface area (Å²) in [7, 11) is 0. The van der Waals surface area contributed by atoms with Gasteiger partial charge in [-0.2, -0.15) is 0 Å². The lowest BCUT2D eigenvalue weighted by Crippen LogP contribution is -2.43. The highest BCUT2D eigenvalue weighted by molar-refractivity contribution is 5.90. The van der Waals surface area contributed by atoms with Crippen LogP contribution in [0.5, 0.6) is 0 Å². The molecule has 4 N–H and O–H groups in total. The van der Waals surface area contributed by atoms with Crippen LogP contribution in [-0.4, -0.2) is 41.0 Å². The molecule has 1 aromatic carbocycles. The maximum Gasteiger partial charge on any atom is 0.329 e. The van der Waals surface area contributed by atoms with E-state index in [4.69, 9.17) is 9.94 Å². The van der Waals surface area contributed by atoms with Crippen LogP contribution >= 0.6 is 0 Å². The van der Waals surface area contributed by atoms with Crippen molar-refractivity contribution in [3.63, 3.8) is 0 Å². The predicted octanol–water partition coefficient (Wildman–Crippen LogP) is 3.00. The summed E-state index contributed by atoms with van der Waals surface area (Å²) in [6.07, 6.45) is 7.78. The molecular weight excluding hydrogens is 426 g/mol. The van der Waals surface area contributed by atoms with Crippen molar-refractivity contribution in [2.24, 2.45) is 0 Å². The Balaban J connectivity index is 1.76. The van der Waals surface area contributed by atoms with Gasteiger partial charge in [0.15, 0.2) is 0 Å². The van der Waals surface area contributed by atoms with Crippen LogP contribution in [0.2, 0.25) is 0 Å². The third-order valence-corrected chi connectivity index (χ3v) is 5.61. The largest absolute Gasteiger partial charge is 0.461 e. The lowest BCUT2D eigenvalue weighted by atomic mass is 10.1. The molecule has 0 aromatic heterocycles. The van der Waals surface area contributed by atoms with Crippen LogP contribution in [0, 0.1) is 0 Å². The summed E-state index contributed by atoms with van der Waals surface area (Å²) >= 11 is 0. The van der Waals surface area contributed by atoms with Crippen LogP contribution in [0.15, 0.2) is 24.3 Å². The average molecular weight is 462 g/mol. The highest BCUT2D eigenvalue weighted by Gasteiger charge is 2.26. The minimum atomic E-state index is -0.744. The van der Waals surface area contributed by atoms with E-state index in [1.807, 2.05) is 12.1 Å². The number of carbonyl (C=O) groups excluding carboxylic acids is 4. The zero-order valence-corrected chi connectivity index (χ0v) is 19.2. The smallest absolute Gasteiger partial charge is 0.329 e. The Morgan fingerprint density at radius 3 is 2.15 bits per heavy atom. The van der Waals surface area contributed by atoms with Gasteiger partial charge in [0.1, 0.15) is 12.1 Å².